The van der Waals surface area contributed by atoms with E-state index in [0.717, 1.165) is 32.1 Å². The standard InChI is InChI=1S/C20H30O3/c1-4-22-18-11-8-13-20(18,19(21)23-15-16(2)3)14-12-17-9-6-5-7-10-17/h5-7,9-10,16,18H,4,8,11-15H2,1-3H3. The van der Waals surface area contributed by atoms with E-state index >= 15 is 0 Å². The second-order valence-electron chi connectivity index (χ2n) is 6.97. The van der Waals surface area contributed by atoms with Gasteiger partial charge in [-0.15, -0.1) is 0 Å². The van der Waals surface area contributed by atoms with Gasteiger partial charge in [-0.2, -0.15) is 0 Å². The molecule has 3 nitrogen and oxygen atoms in total. The van der Waals surface area contributed by atoms with Crippen molar-refractivity contribution >= 4 is 5.97 Å². The van der Waals surface area contributed by atoms with Gasteiger partial charge in [-0.3, -0.25) is 4.79 Å². The lowest BCUT2D eigenvalue weighted by molar-refractivity contribution is -0.166. The molecule has 0 saturated heterocycles. The average Bonchev–Trinajstić information content (AvgIpc) is 2.96. The largest absolute Gasteiger partial charge is 0.465 e. The summed E-state index contributed by atoms with van der Waals surface area (Å²) in [6.07, 6.45) is 4.56. The van der Waals surface area contributed by atoms with Crippen LogP contribution in [0.2, 0.25) is 0 Å². The number of carbonyl (C=O) groups is 1. The smallest absolute Gasteiger partial charge is 0.314 e. The maximum Gasteiger partial charge on any atom is 0.314 e. The second kappa shape index (κ2) is 8.49. The molecule has 1 fully saturated rings. The first-order valence-corrected chi connectivity index (χ1v) is 8.91. The van der Waals surface area contributed by atoms with E-state index in [1.54, 1.807) is 0 Å². The molecule has 1 aliphatic rings. The Bertz CT molecular complexity index is 483. The number of esters is 1. The summed E-state index contributed by atoms with van der Waals surface area (Å²) < 4.78 is 11.6. The molecule has 23 heavy (non-hydrogen) atoms. The molecule has 2 atom stereocenters. The van der Waals surface area contributed by atoms with Crippen molar-refractivity contribution < 1.29 is 14.3 Å². The van der Waals surface area contributed by atoms with E-state index in [0.29, 0.717) is 19.1 Å². The van der Waals surface area contributed by atoms with Crippen molar-refractivity contribution in [2.24, 2.45) is 11.3 Å². The van der Waals surface area contributed by atoms with Crippen molar-refractivity contribution in [3.63, 3.8) is 0 Å². The zero-order chi connectivity index (χ0) is 16.7. The molecule has 2 rings (SSSR count). The number of hydrogen-bond donors (Lipinski definition) is 0. The van der Waals surface area contributed by atoms with Gasteiger partial charge >= 0.3 is 5.97 Å². The second-order valence-corrected chi connectivity index (χ2v) is 6.97. The quantitative estimate of drug-likeness (QED) is 0.667. The van der Waals surface area contributed by atoms with Gasteiger partial charge in [0.1, 0.15) is 0 Å². The number of aryl methyl sites for hydroxylation is 1. The van der Waals surface area contributed by atoms with Crippen molar-refractivity contribution in [2.45, 2.75) is 59.0 Å². The summed E-state index contributed by atoms with van der Waals surface area (Å²) in [5, 5.41) is 0. The first-order valence-electron chi connectivity index (χ1n) is 8.91. The normalized spacial score (nSPS) is 24.1. The van der Waals surface area contributed by atoms with Crippen LogP contribution in [-0.4, -0.2) is 25.3 Å². The molecule has 1 aliphatic carbocycles. The molecular weight excluding hydrogens is 288 g/mol. The molecule has 0 bridgehead atoms. The van der Waals surface area contributed by atoms with E-state index in [-0.39, 0.29) is 12.1 Å². The summed E-state index contributed by atoms with van der Waals surface area (Å²) >= 11 is 0. The predicted octanol–water partition coefficient (Wildman–Crippen LogP) is 4.39. The molecule has 128 valence electrons. The molecular formula is C20H30O3. The third-order valence-electron chi connectivity index (χ3n) is 4.73. The first-order chi connectivity index (χ1) is 11.1. The molecule has 0 N–H and O–H groups in total. The maximum absolute atomic E-state index is 12.9. The van der Waals surface area contributed by atoms with Gasteiger partial charge in [0.15, 0.2) is 0 Å². The summed E-state index contributed by atoms with van der Waals surface area (Å²) in [5.74, 6) is 0.301. The van der Waals surface area contributed by atoms with Gasteiger partial charge in [-0.05, 0) is 50.5 Å². The van der Waals surface area contributed by atoms with Crippen LogP contribution in [0, 0.1) is 11.3 Å². The van der Waals surface area contributed by atoms with Crippen molar-refractivity contribution in [3.05, 3.63) is 35.9 Å². The van der Waals surface area contributed by atoms with Gasteiger partial charge in [-0.25, -0.2) is 0 Å². The van der Waals surface area contributed by atoms with Crippen molar-refractivity contribution in [1.29, 1.82) is 0 Å². The first kappa shape index (κ1) is 18.0. The van der Waals surface area contributed by atoms with Gasteiger partial charge < -0.3 is 9.47 Å². The SMILES string of the molecule is CCOC1CCCC1(CCc1ccccc1)C(=O)OCC(C)C. The van der Waals surface area contributed by atoms with Gasteiger partial charge in [-0.1, -0.05) is 44.2 Å². The topological polar surface area (TPSA) is 35.5 Å². The van der Waals surface area contributed by atoms with Crippen LogP contribution >= 0.6 is 0 Å². The minimum atomic E-state index is -0.471. The Balaban J connectivity index is 2.12. The van der Waals surface area contributed by atoms with E-state index in [1.165, 1.54) is 5.56 Å². The minimum Gasteiger partial charge on any atom is -0.465 e. The monoisotopic (exact) mass is 318 g/mol. The number of benzene rings is 1. The van der Waals surface area contributed by atoms with Crippen LogP contribution in [0.1, 0.15) is 52.0 Å². The third kappa shape index (κ3) is 4.57. The molecule has 0 heterocycles. The van der Waals surface area contributed by atoms with E-state index in [2.05, 4.69) is 26.0 Å². The van der Waals surface area contributed by atoms with E-state index < -0.39 is 5.41 Å². The predicted molar refractivity (Wildman–Crippen MR) is 92.3 cm³/mol. The molecule has 0 spiro atoms. The number of carbonyl (C=O) groups excluding carboxylic acids is 1. The highest BCUT2D eigenvalue weighted by Gasteiger charge is 2.50. The summed E-state index contributed by atoms with van der Waals surface area (Å²) in [4.78, 5) is 12.9. The molecule has 1 aromatic carbocycles. The highest BCUT2D eigenvalue weighted by atomic mass is 16.5. The summed E-state index contributed by atoms with van der Waals surface area (Å²) in [6.45, 7) is 7.27. The molecule has 0 radical (unpaired) electrons. The molecule has 0 aromatic heterocycles. The fraction of sp³-hybridized carbons (Fsp3) is 0.650. The van der Waals surface area contributed by atoms with Crippen molar-refractivity contribution in [1.82, 2.24) is 0 Å². The zero-order valence-corrected chi connectivity index (χ0v) is 14.7. The Labute approximate surface area is 140 Å². The van der Waals surface area contributed by atoms with Crippen molar-refractivity contribution in [2.75, 3.05) is 13.2 Å². The highest BCUT2D eigenvalue weighted by molar-refractivity contribution is 5.78. The van der Waals surface area contributed by atoms with Crippen LogP contribution in [0.15, 0.2) is 30.3 Å². The minimum absolute atomic E-state index is 0.00382. The average molecular weight is 318 g/mol. The lowest BCUT2D eigenvalue weighted by Crippen LogP contribution is -2.42. The fourth-order valence-electron chi connectivity index (χ4n) is 3.50. The van der Waals surface area contributed by atoms with Crippen LogP contribution in [0.25, 0.3) is 0 Å². The van der Waals surface area contributed by atoms with Crippen LogP contribution in [0.5, 0.6) is 0 Å². The highest BCUT2D eigenvalue weighted by Crippen LogP contribution is 2.45. The Morgan fingerprint density at radius 2 is 2.04 bits per heavy atom. The Hall–Kier alpha value is -1.35. The summed E-state index contributed by atoms with van der Waals surface area (Å²) in [7, 11) is 0. The lowest BCUT2D eigenvalue weighted by Gasteiger charge is -2.33. The third-order valence-corrected chi connectivity index (χ3v) is 4.73. The molecule has 2 unspecified atom stereocenters. The van der Waals surface area contributed by atoms with Crippen LogP contribution in [0.4, 0.5) is 0 Å². The van der Waals surface area contributed by atoms with E-state index in [9.17, 15) is 4.79 Å². The molecule has 1 saturated carbocycles. The molecule has 3 heteroatoms. The number of ether oxygens (including phenoxy) is 2. The Kier molecular flexibility index (Phi) is 6.64. The van der Waals surface area contributed by atoms with Gasteiger partial charge in [0, 0.05) is 6.61 Å². The number of rotatable bonds is 8. The van der Waals surface area contributed by atoms with Gasteiger partial charge in [0.05, 0.1) is 18.1 Å². The van der Waals surface area contributed by atoms with E-state index in [1.807, 2.05) is 25.1 Å². The summed E-state index contributed by atoms with van der Waals surface area (Å²) in [6, 6.07) is 10.4. The molecule has 0 amide bonds. The van der Waals surface area contributed by atoms with Crippen LogP contribution in [-0.2, 0) is 20.7 Å². The lowest BCUT2D eigenvalue weighted by atomic mass is 9.78. The Morgan fingerprint density at radius 1 is 1.30 bits per heavy atom. The van der Waals surface area contributed by atoms with Crippen LogP contribution < -0.4 is 0 Å². The van der Waals surface area contributed by atoms with Crippen molar-refractivity contribution in [3.8, 4) is 0 Å². The molecule has 0 aliphatic heterocycles. The van der Waals surface area contributed by atoms with E-state index in [4.69, 9.17) is 9.47 Å². The van der Waals surface area contributed by atoms with Gasteiger partial charge in [0.25, 0.3) is 0 Å². The maximum atomic E-state index is 12.9. The fourth-order valence-corrected chi connectivity index (χ4v) is 3.50. The summed E-state index contributed by atoms with van der Waals surface area (Å²) in [5.41, 5.74) is 0.798. The van der Waals surface area contributed by atoms with Gasteiger partial charge in [0.2, 0.25) is 0 Å². The zero-order valence-electron chi connectivity index (χ0n) is 14.7. The number of hydrogen-bond acceptors (Lipinski definition) is 3. The molecule has 1 aromatic rings. The Morgan fingerprint density at radius 3 is 2.70 bits per heavy atom. The van der Waals surface area contributed by atoms with Crippen LogP contribution in [0.3, 0.4) is 0 Å².